The van der Waals surface area contributed by atoms with Crippen LogP contribution in [0.4, 0.5) is 0 Å². The van der Waals surface area contributed by atoms with E-state index in [1.807, 2.05) is 13.0 Å². The summed E-state index contributed by atoms with van der Waals surface area (Å²) < 4.78 is 22.8. The molecule has 0 spiro atoms. The molecule has 0 saturated heterocycles. The summed E-state index contributed by atoms with van der Waals surface area (Å²) >= 11 is 3.48. The molecule has 0 unspecified atom stereocenters. The average molecular weight is 489 g/mol. The van der Waals surface area contributed by atoms with E-state index in [0.717, 1.165) is 0 Å². The molecule has 0 aliphatic carbocycles. The first-order valence-corrected chi connectivity index (χ1v) is 10.3. The summed E-state index contributed by atoms with van der Waals surface area (Å²) in [6.07, 6.45) is 4.80. The lowest BCUT2D eigenvalue weighted by Gasteiger charge is -2.13. The van der Waals surface area contributed by atoms with Gasteiger partial charge in [-0.1, -0.05) is 25.3 Å². The third kappa shape index (κ3) is 6.89. The molecule has 1 amide bonds. The highest BCUT2D eigenvalue weighted by atomic mass is 79.9. The molecule has 0 aromatic heterocycles. The lowest BCUT2D eigenvalue weighted by atomic mass is 10.2. The summed E-state index contributed by atoms with van der Waals surface area (Å²) in [6.45, 7) is 10.3. The molecule has 0 aliphatic heterocycles. The van der Waals surface area contributed by atoms with Crippen LogP contribution in [0, 0.1) is 0 Å². The van der Waals surface area contributed by atoms with Gasteiger partial charge in [0, 0.05) is 5.56 Å². The molecule has 0 saturated carbocycles. The quantitative estimate of drug-likeness (QED) is 0.265. The van der Waals surface area contributed by atoms with Crippen LogP contribution >= 0.6 is 15.9 Å². The van der Waals surface area contributed by atoms with Gasteiger partial charge in [0.15, 0.2) is 23.0 Å². The van der Waals surface area contributed by atoms with Crippen LogP contribution in [0.5, 0.6) is 23.0 Å². The molecule has 164 valence electrons. The first kappa shape index (κ1) is 24.0. The maximum atomic E-state index is 12.4. The van der Waals surface area contributed by atoms with Crippen LogP contribution in [-0.4, -0.2) is 39.1 Å². The summed E-state index contributed by atoms with van der Waals surface area (Å²) in [5.74, 6) is 1.72. The lowest BCUT2D eigenvalue weighted by Crippen LogP contribution is -2.17. The third-order valence-corrected chi connectivity index (χ3v) is 4.43. The van der Waals surface area contributed by atoms with E-state index in [2.05, 4.69) is 39.6 Å². The Hall–Kier alpha value is -3.26. The number of rotatable bonds is 12. The minimum absolute atomic E-state index is 0.336. The fourth-order valence-electron chi connectivity index (χ4n) is 2.51. The zero-order valence-electron chi connectivity index (χ0n) is 17.5. The fourth-order valence-corrected chi connectivity index (χ4v) is 3.09. The van der Waals surface area contributed by atoms with Crippen LogP contribution in [0.2, 0.25) is 0 Å². The number of amides is 1. The maximum Gasteiger partial charge on any atom is 0.271 e. The van der Waals surface area contributed by atoms with Crippen molar-refractivity contribution in [3.8, 4) is 23.0 Å². The number of methoxy groups -OCH3 is 1. The summed E-state index contributed by atoms with van der Waals surface area (Å²) in [5, 5.41) is 4.04. The van der Waals surface area contributed by atoms with Crippen molar-refractivity contribution in [1.29, 1.82) is 0 Å². The zero-order chi connectivity index (χ0) is 22.6. The van der Waals surface area contributed by atoms with Gasteiger partial charge in [0.05, 0.1) is 24.4 Å². The Kier molecular flexibility index (Phi) is 9.64. The van der Waals surface area contributed by atoms with Gasteiger partial charge in [-0.05, 0) is 58.7 Å². The van der Waals surface area contributed by atoms with Gasteiger partial charge in [0.25, 0.3) is 5.91 Å². The largest absolute Gasteiger partial charge is 0.493 e. The zero-order valence-corrected chi connectivity index (χ0v) is 19.1. The predicted octanol–water partition coefficient (Wildman–Crippen LogP) is 4.75. The Morgan fingerprint density at radius 3 is 2.48 bits per heavy atom. The number of hydrazone groups is 1. The SMILES string of the molecule is C=CCOc1ccc(C(=O)N/N=C/c2cc(Br)c(OCC=C)c(OCC)c2)cc1OC. The minimum Gasteiger partial charge on any atom is -0.493 e. The van der Waals surface area contributed by atoms with Gasteiger partial charge in [-0.2, -0.15) is 5.10 Å². The van der Waals surface area contributed by atoms with Gasteiger partial charge >= 0.3 is 0 Å². The van der Waals surface area contributed by atoms with Crippen LogP contribution in [0.25, 0.3) is 0 Å². The minimum atomic E-state index is -0.389. The number of hydrogen-bond acceptors (Lipinski definition) is 6. The summed E-state index contributed by atoms with van der Waals surface area (Å²) in [4.78, 5) is 12.4. The van der Waals surface area contributed by atoms with Crippen LogP contribution in [-0.2, 0) is 0 Å². The number of ether oxygens (including phenoxy) is 4. The average Bonchev–Trinajstić information content (AvgIpc) is 2.77. The Balaban J connectivity index is 2.13. The van der Waals surface area contributed by atoms with E-state index in [1.54, 1.807) is 36.4 Å². The maximum absolute atomic E-state index is 12.4. The van der Waals surface area contributed by atoms with Crippen LogP contribution in [0.3, 0.4) is 0 Å². The number of hydrogen-bond donors (Lipinski definition) is 1. The Morgan fingerprint density at radius 1 is 1.06 bits per heavy atom. The monoisotopic (exact) mass is 488 g/mol. The Labute approximate surface area is 190 Å². The summed E-state index contributed by atoms with van der Waals surface area (Å²) in [5.41, 5.74) is 3.59. The topological polar surface area (TPSA) is 78.4 Å². The van der Waals surface area contributed by atoms with Gasteiger partial charge in [-0.3, -0.25) is 4.79 Å². The molecule has 2 aromatic carbocycles. The molecule has 0 atom stereocenters. The molecule has 7 nitrogen and oxygen atoms in total. The predicted molar refractivity (Wildman–Crippen MR) is 125 cm³/mol. The molecule has 2 aromatic rings. The number of nitrogens with one attached hydrogen (secondary N) is 1. The van der Waals surface area contributed by atoms with Gasteiger partial charge < -0.3 is 18.9 Å². The number of carbonyl (C=O) groups is 1. The number of nitrogens with zero attached hydrogens (tertiary/aromatic N) is 1. The van der Waals surface area contributed by atoms with Crippen LogP contribution in [0.1, 0.15) is 22.8 Å². The van der Waals surface area contributed by atoms with E-state index in [0.29, 0.717) is 58.4 Å². The van der Waals surface area contributed by atoms with E-state index in [-0.39, 0.29) is 5.91 Å². The van der Waals surface area contributed by atoms with E-state index in [4.69, 9.17) is 18.9 Å². The second-order valence-corrected chi connectivity index (χ2v) is 6.88. The summed E-state index contributed by atoms with van der Waals surface area (Å²) in [7, 11) is 1.51. The van der Waals surface area contributed by atoms with Crippen molar-refractivity contribution in [2.24, 2.45) is 5.10 Å². The van der Waals surface area contributed by atoms with Crippen LogP contribution in [0.15, 0.2) is 65.2 Å². The lowest BCUT2D eigenvalue weighted by molar-refractivity contribution is 0.0954. The van der Waals surface area contributed by atoms with Gasteiger partial charge in [-0.25, -0.2) is 5.43 Å². The first-order chi connectivity index (χ1) is 15.0. The molecule has 0 heterocycles. The molecule has 0 bridgehead atoms. The smallest absolute Gasteiger partial charge is 0.271 e. The molecular weight excluding hydrogens is 464 g/mol. The molecule has 0 aliphatic rings. The van der Waals surface area contributed by atoms with Gasteiger partial charge in [0.2, 0.25) is 0 Å². The normalized spacial score (nSPS) is 10.4. The Bertz CT molecular complexity index is 959. The number of carbonyl (C=O) groups excluding carboxylic acids is 1. The number of halogens is 1. The van der Waals surface area contributed by atoms with Crippen LogP contribution < -0.4 is 24.4 Å². The van der Waals surface area contributed by atoms with E-state index >= 15 is 0 Å². The highest BCUT2D eigenvalue weighted by molar-refractivity contribution is 9.10. The second-order valence-electron chi connectivity index (χ2n) is 6.03. The highest BCUT2D eigenvalue weighted by Gasteiger charge is 2.12. The van der Waals surface area contributed by atoms with Crippen molar-refractivity contribution >= 4 is 28.1 Å². The summed E-state index contributed by atoms with van der Waals surface area (Å²) in [6, 6.07) is 8.46. The second kappa shape index (κ2) is 12.4. The first-order valence-electron chi connectivity index (χ1n) is 9.49. The van der Waals surface area contributed by atoms with E-state index in [1.165, 1.54) is 13.3 Å². The molecule has 0 radical (unpaired) electrons. The van der Waals surface area contributed by atoms with Gasteiger partial charge in [0.1, 0.15) is 13.2 Å². The molecule has 31 heavy (non-hydrogen) atoms. The van der Waals surface area contributed by atoms with Gasteiger partial charge in [-0.15, -0.1) is 0 Å². The standard InChI is InChI=1S/C23H25BrN2O5/c1-5-10-30-19-9-8-17(14-20(19)28-4)23(27)26-25-15-16-12-18(24)22(31-11-6-2)21(13-16)29-7-3/h5-6,8-9,12-15H,1-2,7,10-11H2,3-4H3,(H,26,27)/b25-15+. The molecule has 1 N–H and O–H groups in total. The fraction of sp³-hybridized carbons (Fsp3) is 0.217. The van der Waals surface area contributed by atoms with Crippen molar-refractivity contribution in [3.63, 3.8) is 0 Å². The number of benzene rings is 2. The molecule has 2 rings (SSSR count). The van der Waals surface area contributed by atoms with Crippen molar-refractivity contribution in [1.82, 2.24) is 5.43 Å². The molecule has 0 fully saturated rings. The van der Waals surface area contributed by atoms with E-state index < -0.39 is 0 Å². The van der Waals surface area contributed by atoms with Crippen molar-refractivity contribution in [2.75, 3.05) is 26.9 Å². The molecular formula is C23H25BrN2O5. The van der Waals surface area contributed by atoms with E-state index in [9.17, 15) is 4.79 Å². The Morgan fingerprint density at radius 2 is 1.81 bits per heavy atom. The highest BCUT2D eigenvalue weighted by Crippen LogP contribution is 2.36. The molecule has 8 heteroatoms. The third-order valence-electron chi connectivity index (χ3n) is 3.84. The van der Waals surface area contributed by atoms with Crippen molar-refractivity contribution < 1.29 is 23.7 Å². The van der Waals surface area contributed by atoms with Crippen molar-refractivity contribution in [3.05, 3.63) is 71.2 Å². The van der Waals surface area contributed by atoms with Crippen molar-refractivity contribution in [2.45, 2.75) is 6.92 Å².